The molecular weight excluding hydrogens is 314 g/mol. The highest BCUT2D eigenvalue weighted by atomic mass is 16.1. The molecule has 4 rings (SSSR count). The normalized spacial score (nSPS) is 15.1. The Bertz CT molecular complexity index is 863. The molecule has 1 fully saturated rings. The molecule has 0 unspecified atom stereocenters. The number of amides is 1. The van der Waals surface area contributed by atoms with Crippen LogP contribution in [0.3, 0.4) is 0 Å². The number of benzene rings is 2. The van der Waals surface area contributed by atoms with E-state index in [9.17, 15) is 4.79 Å². The van der Waals surface area contributed by atoms with Crippen molar-refractivity contribution in [2.75, 3.05) is 36.4 Å². The SMILES string of the molecule is O=CNc1cccc2[nH]c(-c3ccc(N4CCCNCC4)cc3)nc12. The summed E-state index contributed by atoms with van der Waals surface area (Å²) < 4.78 is 0. The van der Waals surface area contributed by atoms with Gasteiger partial charge in [-0.05, 0) is 49.4 Å². The molecule has 6 heteroatoms. The second-order valence-corrected chi connectivity index (χ2v) is 6.19. The van der Waals surface area contributed by atoms with Gasteiger partial charge in [-0.25, -0.2) is 4.98 Å². The van der Waals surface area contributed by atoms with E-state index in [1.165, 1.54) is 5.69 Å². The molecule has 3 N–H and O–H groups in total. The first kappa shape index (κ1) is 15.7. The number of imidazole rings is 1. The third kappa shape index (κ3) is 3.21. The third-order valence-electron chi connectivity index (χ3n) is 4.57. The fourth-order valence-electron chi connectivity index (χ4n) is 3.28. The maximum absolute atomic E-state index is 10.7. The lowest BCUT2D eigenvalue weighted by atomic mass is 10.2. The van der Waals surface area contributed by atoms with E-state index in [1.54, 1.807) is 0 Å². The van der Waals surface area contributed by atoms with Crippen LogP contribution >= 0.6 is 0 Å². The monoisotopic (exact) mass is 335 g/mol. The van der Waals surface area contributed by atoms with Gasteiger partial charge in [-0.1, -0.05) is 6.07 Å². The average molecular weight is 335 g/mol. The van der Waals surface area contributed by atoms with Gasteiger partial charge in [0.1, 0.15) is 11.3 Å². The number of nitrogens with one attached hydrogen (secondary N) is 3. The van der Waals surface area contributed by atoms with Gasteiger partial charge in [-0.3, -0.25) is 4.79 Å². The van der Waals surface area contributed by atoms with Crippen LogP contribution < -0.4 is 15.5 Å². The van der Waals surface area contributed by atoms with Crippen molar-refractivity contribution >= 4 is 28.8 Å². The van der Waals surface area contributed by atoms with Crippen LogP contribution in [-0.4, -0.2) is 42.6 Å². The molecule has 1 saturated heterocycles. The number of aromatic amines is 1. The van der Waals surface area contributed by atoms with Crippen LogP contribution in [0.4, 0.5) is 11.4 Å². The Morgan fingerprint density at radius 3 is 2.80 bits per heavy atom. The minimum Gasteiger partial charge on any atom is -0.370 e. The molecule has 0 aliphatic carbocycles. The van der Waals surface area contributed by atoms with Crippen LogP contribution in [0.5, 0.6) is 0 Å². The van der Waals surface area contributed by atoms with Crippen LogP contribution in [0.15, 0.2) is 42.5 Å². The van der Waals surface area contributed by atoms with Gasteiger partial charge in [-0.15, -0.1) is 0 Å². The van der Waals surface area contributed by atoms with Crippen molar-refractivity contribution in [2.24, 2.45) is 0 Å². The molecule has 25 heavy (non-hydrogen) atoms. The first-order chi connectivity index (χ1) is 12.3. The minimum atomic E-state index is 0.675. The molecule has 0 bridgehead atoms. The summed E-state index contributed by atoms with van der Waals surface area (Å²) in [6.45, 7) is 4.23. The Labute approximate surface area is 146 Å². The molecule has 6 nitrogen and oxygen atoms in total. The van der Waals surface area contributed by atoms with E-state index in [0.717, 1.165) is 55.0 Å². The smallest absolute Gasteiger partial charge is 0.211 e. The third-order valence-corrected chi connectivity index (χ3v) is 4.57. The zero-order valence-corrected chi connectivity index (χ0v) is 14.0. The highest BCUT2D eigenvalue weighted by Crippen LogP contribution is 2.27. The predicted molar refractivity (Wildman–Crippen MR) is 101 cm³/mol. The van der Waals surface area contributed by atoms with Gasteiger partial charge in [0.2, 0.25) is 6.41 Å². The quantitative estimate of drug-likeness (QED) is 0.641. The molecule has 128 valence electrons. The number of nitrogens with zero attached hydrogens (tertiary/aromatic N) is 2. The lowest BCUT2D eigenvalue weighted by Gasteiger charge is -2.22. The van der Waals surface area contributed by atoms with Crippen LogP contribution in [0, 0.1) is 0 Å². The predicted octanol–water partition coefficient (Wildman–Crippen LogP) is 2.60. The number of H-pyrrole nitrogens is 1. The highest BCUT2D eigenvalue weighted by Gasteiger charge is 2.11. The van der Waals surface area contributed by atoms with Crippen LogP contribution in [0.2, 0.25) is 0 Å². The first-order valence-electron chi connectivity index (χ1n) is 8.60. The number of anilines is 2. The van der Waals surface area contributed by atoms with Crippen molar-refractivity contribution in [3.05, 3.63) is 42.5 Å². The fraction of sp³-hybridized carbons (Fsp3) is 0.263. The molecule has 2 aromatic carbocycles. The maximum Gasteiger partial charge on any atom is 0.211 e. The Balaban J connectivity index is 1.62. The summed E-state index contributed by atoms with van der Waals surface area (Å²) in [4.78, 5) is 21.1. The number of hydrogen-bond acceptors (Lipinski definition) is 4. The second-order valence-electron chi connectivity index (χ2n) is 6.19. The van der Waals surface area contributed by atoms with E-state index < -0.39 is 0 Å². The van der Waals surface area contributed by atoms with Crippen molar-refractivity contribution in [3.8, 4) is 11.4 Å². The molecule has 0 atom stereocenters. The number of fused-ring (bicyclic) bond motifs is 1. The average Bonchev–Trinajstić information content (AvgIpc) is 2.90. The molecule has 0 saturated carbocycles. The number of carbonyl (C=O) groups is 1. The zero-order chi connectivity index (χ0) is 17.1. The van der Waals surface area contributed by atoms with E-state index >= 15 is 0 Å². The largest absolute Gasteiger partial charge is 0.370 e. The topological polar surface area (TPSA) is 73.1 Å². The molecule has 0 radical (unpaired) electrons. The molecule has 1 aromatic heterocycles. The summed E-state index contributed by atoms with van der Waals surface area (Å²) in [5.74, 6) is 0.805. The summed E-state index contributed by atoms with van der Waals surface area (Å²) in [6.07, 6.45) is 1.84. The highest BCUT2D eigenvalue weighted by molar-refractivity contribution is 5.94. The maximum atomic E-state index is 10.7. The second kappa shape index (κ2) is 6.94. The Kier molecular flexibility index (Phi) is 4.35. The van der Waals surface area contributed by atoms with Gasteiger partial charge in [-0.2, -0.15) is 0 Å². The van der Waals surface area contributed by atoms with E-state index in [-0.39, 0.29) is 0 Å². The van der Waals surface area contributed by atoms with E-state index in [0.29, 0.717) is 12.1 Å². The number of hydrogen-bond donors (Lipinski definition) is 3. The Hall–Kier alpha value is -2.86. The lowest BCUT2D eigenvalue weighted by molar-refractivity contribution is -0.105. The van der Waals surface area contributed by atoms with Crippen molar-refractivity contribution in [2.45, 2.75) is 6.42 Å². The van der Waals surface area contributed by atoms with Gasteiger partial charge in [0, 0.05) is 30.9 Å². The van der Waals surface area contributed by atoms with Gasteiger partial charge >= 0.3 is 0 Å². The van der Waals surface area contributed by atoms with Crippen LogP contribution in [0.1, 0.15) is 6.42 Å². The van der Waals surface area contributed by atoms with Crippen molar-refractivity contribution < 1.29 is 4.79 Å². The van der Waals surface area contributed by atoms with Crippen molar-refractivity contribution in [1.82, 2.24) is 15.3 Å². The number of para-hydroxylation sites is 1. The van der Waals surface area contributed by atoms with E-state index in [2.05, 4.69) is 49.8 Å². The number of aromatic nitrogens is 2. The van der Waals surface area contributed by atoms with Gasteiger partial charge < -0.3 is 20.5 Å². The van der Waals surface area contributed by atoms with Crippen molar-refractivity contribution in [1.29, 1.82) is 0 Å². The molecule has 3 aromatic rings. The fourth-order valence-corrected chi connectivity index (χ4v) is 3.28. The molecule has 2 heterocycles. The molecular formula is C19H21N5O. The minimum absolute atomic E-state index is 0.675. The number of rotatable bonds is 4. The summed E-state index contributed by atoms with van der Waals surface area (Å²) in [6, 6.07) is 14.2. The van der Waals surface area contributed by atoms with Gasteiger partial charge in [0.25, 0.3) is 0 Å². The molecule has 1 aliphatic rings. The number of carbonyl (C=O) groups excluding carboxylic acids is 1. The van der Waals surface area contributed by atoms with Gasteiger partial charge in [0.05, 0.1) is 11.2 Å². The standard InChI is InChI=1S/C19H21N5O/c25-13-21-16-3-1-4-17-18(16)23-19(22-17)14-5-7-15(8-6-14)24-11-2-9-20-10-12-24/h1,3-8,13,20H,2,9-12H2,(H,21,25)(H,22,23). The summed E-state index contributed by atoms with van der Waals surface area (Å²) in [7, 11) is 0. The summed E-state index contributed by atoms with van der Waals surface area (Å²) in [5.41, 5.74) is 4.66. The molecule has 1 aliphatic heterocycles. The summed E-state index contributed by atoms with van der Waals surface area (Å²) in [5, 5.41) is 6.13. The van der Waals surface area contributed by atoms with Gasteiger partial charge in [0.15, 0.2) is 0 Å². The van der Waals surface area contributed by atoms with E-state index in [4.69, 9.17) is 0 Å². The van der Waals surface area contributed by atoms with Crippen LogP contribution in [-0.2, 0) is 4.79 Å². The van der Waals surface area contributed by atoms with Crippen molar-refractivity contribution in [3.63, 3.8) is 0 Å². The lowest BCUT2D eigenvalue weighted by Crippen LogP contribution is -2.27. The zero-order valence-electron chi connectivity index (χ0n) is 14.0. The summed E-state index contributed by atoms with van der Waals surface area (Å²) >= 11 is 0. The Morgan fingerprint density at radius 1 is 1.08 bits per heavy atom. The molecule has 1 amide bonds. The van der Waals surface area contributed by atoms with Crippen LogP contribution in [0.25, 0.3) is 22.4 Å². The van der Waals surface area contributed by atoms with E-state index in [1.807, 2.05) is 18.2 Å². The first-order valence-corrected chi connectivity index (χ1v) is 8.60. The Morgan fingerprint density at radius 2 is 1.96 bits per heavy atom. The molecule has 0 spiro atoms.